The van der Waals surface area contributed by atoms with Crippen molar-refractivity contribution in [1.82, 2.24) is 4.90 Å². The third-order valence-electron chi connectivity index (χ3n) is 4.71. The van der Waals surface area contributed by atoms with Crippen LogP contribution in [0.5, 0.6) is 0 Å². The molecule has 2 atom stereocenters. The highest BCUT2D eigenvalue weighted by molar-refractivity contribution is 6.03. The van der Waals surface area contributed by atoms with Crippen molar-refractivity contribution >= 4 is 11.7 Å². The fraction of sp³-hybridized carbons (Fsp3) is 0.625. The van der Waals surface area contributed by atoms with Crippen molar-refractivity contribution < 1.29 is 9.59 Å². The maximum atomic E-state index is 12.6. The van der Waals surface area contributed by atoms with Crippen LogP contribution in [-0.4, -0.2) is 28.2 Å². The SMILES string of the molecule is CC1(C)CC2CC(C)(C1)N2C(=O)C1=CCC(=O)C=C1. The van der Waals surface area contributed by atoms with Gasteiger partial charge >= 0.3 is 0 Å². The summed E-state index contributed by atoms with van der Waals surface area (Å²) < 4.78 is 0. The van der Waals surface area contributed by atoms with Crippen LogP contribution in [0.15, 0.2) is 23.8 Å². The van der Waals surface area contributed by atoms with Gasteiger partial charge in [-0.1, -0.05) is 19.9 Å². The first kappa shape index (κ1) is 12.6. The molecule has 0 N–H and O–H groups in total. The number of amides is 1. The molecule has 1 amide bonds. The molecule has 2 unspecified atom stereocenters. The predicted octanol–water partition coefficient (Wildman–Crippen LogP) is 2.62. The number of carbonyl (C=O) groups is 2. The highest BCUT2D eigenvalue weighted by Crippen LogP contribution is 2.54. The van der Waals surface area contributed by atoms with Gasteiger partial charge in [-0.2, -0.15) is 0 Å². The maximum absolute atomic E-state index is 12.6. The van der Waals surface area contributed by atoms with Crippen LogP contribution in [-0.2, 0) is 9.59 Å². The molecule has 0 radical (unpaired) electrons. The van der Waals surface area contributed by atoms with Crippen molar-refractivity contribution in [2.24, 2.45) is 5.41 Å². The summed E-state index contributed by atoms with van der Waals surface area (Å²) in [6.45, 7) is 6.77. The minimum atomic E-state index is 0.0135. The standard InChI is InChI=1S/C16H21NO2/c1-15(2)8-12-9-16(3,10-15)17(12)14(19)11-4-6-13(18)7-5-11/h4-6,12H,7-10H2,1-3H3. The van der Waals surface area contributed by atoms with Crippen molar-refractivity contribution in [2.75, 3.05) is 0 Å². The van der Waals surface area contributed by atoms with Crippen molar-refractivity contribution in [2.45, 2.75) is 58.0 Å². The van der Waals surface area contributed by atoms with Gasteiger partial charge < -0.3 is 4.90 Å². The van der Waals surface area contributed by atoms with Gasteiger partial charge in [0.25, 0.3) is 5.91 Å². The average molecular weight is 259 g/mol. The summed E-state index contributed by atoms with van der Waals surface area (Å²) >= 11 is 0. The van der Waals surface area contributed by atoms with E-state index in [0.29, 0.717) is 23.5 Å². The number of allylic oxidation sites excluding steroid dienone is 2. The second kappa shape index (κ2) is 3.81. The molecule has 0 aromatic heterocycles. The van der Waals surface area contributed by atoms with E-state index < -0.39 is 0 Å². The molecular weight excluding hydrogens is 238 g/mol. The van der Waals surface area contributed by atoms with Crippen LogP contribution in [0, 0.1) is 5.41 Å². The summed E-state index contributed by atoms with van der Waals surface area (Å²) in [6, 6.07) is 0.383. The quantitative estimate of drug-likeness (QED) is 0.726. The highest BCUT2D eigenvalue weighted by atomic mass is 16.2. The number of hydrogen-bond donors (Lipinski definition) is 0. The first-order valence-electron chi connectivity index (χ1n) is 7.06. The molecule has 19 heavy (non-hydrogen) atoms. The van der Waals surface area contributed by atoms with E-state index in [1.54, 1.807) is 12.2 Å². The Balaban J connectivity index is 1.80. The van der Waals surface area contributed by atoms with Crippen molar-refractivity contribution in [3.8, 4) is 0 Å². The Labute approximate surface area is 114 Å². The highest BCUT2D eigenvalue weighted by Gasteiger charge is 2.58. The van der Waals surface area contributed by atoms with E-state index in [-0.39, 0.29) is 17.2 Å². The molecule has 1 saturated carbocycles. The summed E-state index contributed by atoms with van der Waals surface area (Å²) in [5, 5.41) is 0. The topological polar surface area (TPSA) is 37.4 Å². The zero-order valence-corrected chi connectivity index (χ0v) is 11.9. The molecule has 2 aliphatic heterocycles. The molecule has 2 saturated heterocycles. The lowest BCUT2D eigenvalue weighted by molar-refractivity contribution is -0.171. The summed E-state index contributed by atoms with van der Waals surface area (Å²) in [5.41, 5.74) is 1.04. The van der Waals surface area contributed by atoms with Crippen LogP contribution < -0.4 is 0 Å². The Kier molecular flexibility index (Phi) is 2.54. The van der Waals surface area contributed by atoms with Gasteiger partial charge in [0, 0.05) is 23.6 Å². The van der Waals surface area contributed by atoms with Gasteiger partial charge in [0.05, 0.1) is 0 Å². The maximum Gasteiger partial charge on any atom is 0.254 e. The molecule has 3 nitrogen and oxygen atoms in total. The van der Waals surface area contributed by atoms with Gasteiger partial charge in [-0.25, -0.2) is 0 Å². The van der Waals surface area contributed by atoms with Crippen LogP contribution in [0.25, 0.3) is 0 Å². The molecular formula is C16H21NO2. The van der Waals surface area contributed by atoms with E-state index in [1.807, 2.05) is 0 Å². The molecule has 0 aromatic rings. The first-order chi connectivity index (χ1) is 8.81. The number of hydrogen-bond acceptors (Lipinski definition) is 2. The number of piperidine rings is 1. The molecule has 3 heteroatoms. The van der Waals surface area contributed by atoms with Gasteiger partial charge in [0.2, 0.25) is 0 Å². The number of nitrogens with zero attached hydrogens (tertiary/aromatic N) is 1. The molecule has 102 valence electrons. The minimum absolute atomic E-state index is 0.0135. The lowest BCUT2D eigenvalue weighted by atomic mass is 9.59. The molecule has 4 rings (SSSR count). The fourth-order valence-corrected chi connectivity index (χ4v) is 4.33. The number of carbonyl (C=O) groups excluding carboxylic acids is 2. The lowest BCUT2D eigenvalue weighted by Crippen LogP contribution is -2.71. The van der Waals surface area contributed by atoms with Crippen LogP contribution in [0.1, 0.15) is 46.5 Å². The lowest BCUT2D eigenvalue weighted by Gasteiger charge is -2.65. The van der Waals surface area contributed by atoms with Gasteiger partial charge in [-0.15, -0.1) is 0 Å². The normalized spacial score (nSPS) is 35.7. The monoisotopic (exact) mass is 259 g/mol. The van der Waals surface area contributed by atoms with E-state index in [1.165, 1.54) is 6.08 Å². The van der Waals surface area contributed by atoms with Crippen molar-refractivity contribution in [3.63, 3.8) is 0 Å². The third kappa shape index (κ3) is 1.96. The number of fused-ring (bicyclic) bond motifs is 2. The third-order valence-corrected chi connectivity index (χ3v) is 4.71. The minimum Gasteiger partial charge on any atom is -0.330 e. The van der Waals surface area contributed by atoms with E-state index >= 15 is 0 Å². The van der Waals surface area contributed by atoms with E-state index in [0.717, 1.165) is 19.3 Å². The largest absolute Gasteiger partial charge is 0.330 e. The Morgan fingerprint density at radius 2 is 2.00 bits per heavy atom. The van der Waals surface area contributed by atoms with Crippen LogP contribution in [0.2, 0.25) is 0 Å². The van der Waals surface area contributed by atoms with Gasteiger partial charge in [-0.05, 0) is 43.8 Å². The first-order valence-corrected chi connectivity index (χ1v) is 7.06. The van der Waals surface area contributed by atoms with Crippen molar-refractivity contribution in [1.29, 1.82) is 0 Å². The summed E-state index contributed by atoms with van der Waals surface area (Å²) in [5.74, 6) is 0.186. The molecule has 2 aliphatic carbocycles. The summed E-state index contributed by atoms with van der Waals surface area (Å²) in [4.78, 5) is 25.8. The molecule has 0 spiro atoms. The molecule has 0 aromatic carbocycles. The van der Waals surface area contributed by atoms with Gasteiger partial charge in [0.15, 0.2) is 5.78 Å². The van der Waals surface area contributed by atoms with Crippen LogP contribution in [0.3, 0.4) is 0 Å². The summed E-state index contributed by atoms with van der Waals surface area (Å²) in [7, 11) is 0. The molecule has 2 bridgehead atoms. The number of ketones is 1. The Bertz CT molecular complexity index is 515. The van der Waals surface area contributed by atoms with E-state index in [4.69, 9.17) is 0 Å². The second-order valence-corrected chi connectivity index (χ2v) is 7.24. The zero-order chi connectivity index (χ0) is 13.8. The molecule has 4 aliphatic rings. The van der Waals surface area contributed by atoms with Crippen LogP contribution >= 0.6 is 0 Å². The molecule has 3 fully saturated rings. The van der Waals surface area contributed by atoms with Gasteiger partial charge in [0.1, 0.15) is 0 Å². The Morgan fingerprint density at radius 1 is 1.26 bits per heavy atom. The fourth-order valence-electron chi connectivity index (χ4n) is 4.33. The second-order valence-electron chi connectivity index (χ2n) is 7.24. The average Bonchev–Trinajstić information content (AvgIpc) is 2.26. The van der Waals surface area contributed by atoms with E-state index in [2.05, 4.69) is 25.7 Å². The van der Waals surface area contributed by atoms with Crippen LogP contribution in [0.4, 0.5) is 0 Å². The van der Waals surface area contributed by atoms with Crippen molar-refractivity contribution in [3.05, 3.63) is 23.8 Å². The summed E-state index contributed by atoms with van der Waals surface area (Å²) in [6.07, 6.45) is 8.61. The smallest absolute Gasteiger partial charge is 0.254 e. The Hall–Kier alpha value is -1.38. The van der Waals surface area contributed by atoms with E-state index in [9.17, 15) is 9.59 Å². The van der Waals surface area contributed by atoms with Gasteiger partial charge in [-0.3, -0.25) is 9.59 Å². The molecule has 2 heterocycles. The zero-order valence-electron chi connectivity index (χ0n) is 11.9. The number of rotatable bonds is 1. The predicted molar refractivity (Wildman–Crippen MR) is 73.5 cm³/mol. The Morgan fingerprint density at radius 3 is 2.58 bits per heavy atom.